The maximum Gasteiger partial charge on any atom is 0.257 e. The van der Waals surface area contributed by atoms with Crippen LogP contribution in [-0.2, 0) is 0 Å². The Kier molecular flexibility index (Phi) is 4.43. The normalized spacial score (nSPS) is 25.5. The number of rotatable bonds is 4. The zero-order valence-corrected chi connectivity index (χ0v) is 14.5. The van der Waals surface area contributed by atoms with E-state index >= 15 is 0 Å². The molecule has 7 heteroatoms. The lowest BCUT2D eigenvalue weighted by atomic mass is 9.71. The molecule has 1 saturated heterocycles. The van der Waals surface area contributed by atoms with Crippen LogP contribution >= 0.6 is 0 Å². The molecule has 2 aromatic rings. The van der Waals surface area contributed by atoms with E-state index in [0.29, 0.717) is 23.0 Å². The third-order valence-electron chi connectivity index (χ3n) is 5.58. The van der Waals surface area contributed by atoms with Crippen LogP contribution in [0.3, 0.4) is 0 Å². The average molecular weight is 343 g/mol. The third kappa shape index (κ3) is 3.26. The van der Waals surface area contributed by atoms with E-state index in [1.54, 1.807) is 16.9 Å². The Morgan fingerprint density at radius 3 is 2.80 bits per heavy atom. The summed E-state index contributed by atoms with van der Waals surface area (Å²) < 4.78 is 1.65. The Morgan fingerprint density at radius 2 is 2.08 bits per heavy atom. The Hall–Kier alpha value is -1.99. The van der Waals surface area contributed by atoms with E-state index in [9.17, 15) is 9.90 Å². The first kappa shape index (κ1) is 16.5. The van der Waals surface area contributed by atoms with Crippen LogP contribution in [-0.4, -0.2) is 50.8 Å². The van der Waals surface area contributed by atoms with Crippen molar-refractivity contribution in [1.82, 2.24) is 25.2 Å². The molecule has 134 valence electrons. The number of aliphatic hydroxyl groups excluding tert-OH is 1. The monoisotopic (exact) mass is 343 g/mol. The lowest BCUT2D eigenvalue weighted by molar-refractivity contribution is 0.00920. The van der Waals surface area contributed by atoms with Crippen molar-refractivity contribution in [1.29, 1.82) is 0 Å². The summed E-state index contributed by atoms with van der Waals surface area (Å²) in [7, 11) is 0. The molecule has 25 heavy (non-hydrogen) atoms. The number of amides is 1. The molecule has 2 aliphatic rings. The van der Waals surface area contributed by atoms with Gasteiger partial charge < -0.3 is 15.7 Å². The minimum absolute atomic E-state index is 0.110. The highest BCUT2D eigenvalue weighted by Crippen LogP contribution is 2.36. The predicted octanol–water partition coefficient (Wildman–Crippen LogP) is 0.907. The Labute approximate surface area is 146 Å². The number of hydrogen-bond acceptors (Lipinski definition) is 5. The smallest absolute Gasteiger partial charge is 0.257 e. The molecule has 0 spiro atoms. The number of carbonyl (C=O) groups excluding carboxylic acids is 1. The summed E-state index contributed by atoms with van der Waals surface area (Å²) >= 11 is 0. The molecule has 3 N–H and O–H groups in total. The van der Waals surface area contributed by atoms with Gasteiger partial charge >= 0.3 is 0 Å². The van der Waals surface area contributed by atoms with Gasteiger partial charge in [-0.25, -0.2) is 9.50 Å². The molecular formula is C18H25N5O2. The number of aromatic nitrogens is 3. The SMILES string of the molecule is Cc1cnc2c(C(=O)N[C@H](C3CCNCC3)C3CC(O)C3)cnn2c1. The molecule has 2 fully saturated rings. The second-order valence-corrected chi connectivity index (χ2v) is 7.43. The van der Waals surface area contributed by atoms with Crippen molar-refractivity contribution in [2.75, 3.05) is 13.1 Å². The summed E-state index contributed by atoms with van der Waals surface area (Å²) in [6, 6.07) is 0.110. The number of fused-ring (bicyclic) bond motifs is 1. The van der Waals surface area contributed by atoms with Crippen LogP contribution < -0.4 is 10.6 Å². The van der Waals surface area contributed by atoms with Crippen LogP contribution in [0.25, 0.3) is 5.65 Å². The zero-order chi connectivity index (χ0) is 17.4. The van der Waals surface area contributed by atoms with Gasteiger partial charge in [0.05, 0.1) is 12.3 Å². The van der Waals surface area contributed by atoms with Crippen molar-refractivity contribution < 1.29 is 9.90 Å². The lowest BCUT2D eigenvalue weighted by Crippen LogP contribution is -2.52. The predicted molar refractivity (Wildman–Crippen MR) is 93.3 cm³/mol. The van der Waals surface area contributed by atoms with E-state index in [-0.39, 0.29) is 18.1 Å². The summed E-state index contributed by atoms with van der Waals surface area (Å²) in [6.45, 7) is 3.93. The van der Waals surface area contributed by atoms with E-state index < -0.39 is 0 Å². The van der Waals surface area contributed by atoms with Crippen LogP contribution in [0.1, 0.15) is 41.6 Å². The first-order chi connectivity index (χ1) is 12.1. The van der Waals surface area contributed by atoms with Crippen molar-refractivity contribution in [3.05, 3.63) is 29.7 Å². The number of aryl methyl sites for hydroxylation is 1. The third-order valence-corrected chi connectivity index (χ3v) is 5.58. The van der Waals surface area contributed by atoms with Crippen LogP contribution in [0.15, 0.2) is 18.6 Å². The van der Waals surface area contributed by atoms with E-state index in [1.807, 2.05) is 13.1 Å². The Balaban J connectivity index is 1.54. The van der Waals surface area contributed by atoms with Gasteiger partial charge in [0.1, 0.15) is 5.56 Å². The van der Waals surface area contributed by atoms with Gasteiger partial charge in [-0.3, -0.25) is 4.79 Å². The van der Waals surface area contributed by atoms with Gasteiger partial charge in [-0.15, -0.1) is 0 Å². The second kappa shape index (κ2) is 6.72. The number of nitrogens with zero attached hydrogens (tertiary/aromatic N) is 3. The number of piperidine rings is 1. The van der Waals surface area contributed by atoms with Crippen molar-refractivity contribution in [2.45, 2.75) is 44.8 Å². The van der Waals surface area contributed by atoms with Crippen LogP contribution in [0.5, 0.6) is 0 Å². The molecule has 2 aromatic heterocycles. The largest absolute Gasteiger partial charge is 0.393 e. The number of carbonyl (C=O) groups is 1. The summed E-state index contributed by atoms with van der Waals surface area (Å²) in [5.41, 5.74) is 2.10. The first-order valence-electron chi connectivity index (χ1n) is 9.11. The summed E-state index contributed by atoms with van der Waals surface area (Å²) in [6.07, 6.45) is 8.67. The van der Waals surface area contributed by atoms with Crippen molar-refractivity contribution in [3.8, 4) is 0 Å². The summed E-state index contributed by atoms with van der Waals surface area (Å²) in [4.78, 5) is 17.3. The molecule has 0 unspecified atom stereocenters. The fraction of sp³-hybridized carbons (Fsp3) is 0.611. The minimum Gasteiger partial charge on any atom is -0.393 e. The molecule has 0 radical (unpaired) electrons. The summed E-state index contributed by atoms with van der Waals surface area (Å²) in [5.74, 6) is 0.704. The highest BCUT2D eigenvalue weighted by molar-refractivity contribution is 5.99. The highest BCUT2D eigenvalue weighted by atomic mass is 16.3. The summed E-state index contributed by atoms with van der Waals surface area (Å²) in [5, 5.41) is 20.6. The quantitative estimate of drug-likeness (QED) is 0.767. The van der Waals surface area contributed by atoms with Crippen LogP contribution in [0, 0.1) is 18.8 Å². The van der Waals surface area contributed by atoms with Gasteiger partial charge in [-0.2, -0.15) is 5.10 Å². The fourth-order valence-corrected chi connectivity index (χ4v) is 4.10. The molecule has 7 nitrogen and oxygen atoms in total. The van der Waals surface area contributed by atoms with Crippen LogP contribution in [0.2, 0.25) is 0 Å². The van der Waals surface area contributed by atoms with Gasteiger partial charge in [0, 0.05) is 18.4 Å². The van der Waals surface area contributed by atoms with Gasteiger partial charge in [0.2, 0.25) is 0 Å². The molecule has 1 aliphatic heterocycles. The molecule has 0 aromatic carbocycles. The second-order valence-electron chi connectivity index (χ2n) is 7.43. The van der Waals surface area contributed by atoms with Crippen molar-refractivity contribution in [2.24, 2.45) is 11.8 Å². The number of nitrogens with one attached hydrogen (secondary N) is 2. The Morgan fingerprint density at radius 1 is 1.32 bits per heavy atom. The molecule has 1 amide bonds. The zero-order valence-electron chi connectivity index (χ0n) is 14.5. The topological polar surface area (TPSA) is 91.5 Å². The van der Waals surface area contributed by atoms with Crippen LogP contribution in [0.4, 0.5) is 0 Å². The van der Waals surface area contributed by atoms with Gasteiger partial charge in [0.15, 0.2) is 5.65 Å². The Bertz CT molecular complexity index is 762. The lowest BCUT2D eigenvalue weighted by Gasteiger charge is -2.43. The van der Waals surface area contributed by atoms with Crippen molar-refractivity contribution in [3.63, 3.8) is 0 Å². The molecule has 4 rings (SSSR count). The van der Waals surface area contributed by atoms with E-state index in [0.717, 1.165) is 44.3 Å². The van der Waals surface area contributed by atoms with Crippen molar-refractivity contribution >= 4 is 11.6 Å². The van der Waals surface area contributed by atoms with E-state index in [4.69, 9.17) is 0 Å². The average Bonchev–Trinajstić information content (AvgIpc) is 3.01. The van der Waals surface area contributed by atoms with E-state index in [1.165, 1.54) is 0 Å². The molecule has 1 saturated carbocycles. The highest BCUT2D eigenvalue weighted by Gasteiger charge is 2.39. The molecule has 1 aliphatic carbocycles. The molecule has 1 atom stereocenters. The molecule has 3 heterocycles. The number of aliphatic hydroxyl groups is 1. The van der Waals surface area contributed by atoms with Gasteiger partial charge in [-0.05, 0) is 63.1 Å². The fourth-order valence-electron chi connectivity index (χ4n) is 4.10. The number of hydrogen-bond donors (Lipinski definition) is 3. The van der Waals surface area contributed by atoms with E-state index in [2.05, 4.69) is 20.7 Å². The molecular weight excluding hydrogens is 318 g/mol. The molecule has 0 bridgehead atoms. The van der Waals surface area contributed by atoms with Gasteiger partial charge in [-0.1, -0.05) is 0 Å². The first-order valence-corrected chi connectivity index (χ1v) is 9.11. The maximum absolute atomic E-state index is 12.9. The standard InChI is InChI=1S/C18H25N5O2/c1-11-8-20-17-15(9-21-23(17)10-11)18(25)22-16(13-6-14(24)7-13)12-2-4-19-5-3-12/h8-10,12-14,16,19,24H,2-7H2,1H3,(H,22,25)/t13?,14?,16-/m1/s1. The van der Waals surface area contributed by atoms with Gasteiger partial charge in [0.25, 0.3) is 5.91 Å². The maximum atomic E-state index is 12.9. The minimum atomic E-state index is -0.215.